The Kier molecular flexibility index (Phi) is 2.82. The van der Waals surface area contributed by atoms with Crippen molar-refractivity contribution >= 4 is 22.9 Å². The first kappa shape index (κ1) is 13.2. The molecule has 4 nitrogen and oxygen atoms in total. The summed E-state index contributed by atoms with van der Waals surface area (Å²) < 4.78 is 2.06. The summed E-state index contributed by atoms with van der Waals surface area (Å²) in [7, 11) is 0. The molecule has 5 rings (SSSR count). The third-order valence-corrected chi connectivity index (χ3v) is 4.49. The zero-order chi connectivity index (χ0) is 15.9. The number of aromatic nitrogens is 4. The van der Waals surface area contributed by atoms with Crippen molar-refractivity contribution in [3.63, 3.8) is 0 Å². The van der Waals surface area contributed by atoms with Gasteiger partial charge in [0.15, 0.2) is 5.65 Å². The molecule has 2 heterocycles. The highest BCUT2D eigenvalue weighted by Gasteiger charge is 2.19. The minimum Gasteiger partial charge on any atom is -0.287 e. The lowest BCUT2D eigenvalue weighted by Crippen LogP contribution is -1.96. The Morgan fingerprint density at radius 1 is 0.917 bits per heavy atom. The molecule has 4 heteroatoms. The van der Waals surface area contributed by atoms with E-state index >= 15 is 0 Å². The second-order valence-corrected chi connectivity index (χ2v) is 5.90. The third-order valence-electron chi connectivity index (χ3n) is 4.49. The van der Waals surface area contributed by atoms with E-state index in [1.165, 1.54) is 28.0 Å². The van der Waals surface area contributed by atoms with E-state index in [4.69, 9.17) is 0 Å². The van der Waals surface area contributed by atoms with E-state index < -0.39 is 0 Å². The van der Waals surface area contributed by atoms with Crippen LogP contribution in [0.4, 0.5) is 0 Å². The van der Waals surface area contributed by atoms with Crippen molar-refractivity contribution in [3.8, 4) is 11.1 Å². The van der Waals surface area contributed by atoms with Crippen LogP contribution < -0.4 is 0 Å². The van der Waals surface area contributed by atoms with Crippen molar-refractivity contribution in [2.45, 2.75) is 6.42 Å². The lowest BCUT2D eigenvalue weighted by atomic mass is 9.97. The molecule has 2 aromatic heterocycles. The van der Waals surface area contributed by atoms with Crippen molar-refractivity contribution in [3.05, 3.63) is 78.5 Å². The number of allylic oxidation sites excluding steroid dienone is 1. The highest BCUT2D eigenvalue weighted by Crippen LogP contribution is 2.36. The fourth-order valence-corrected chi connectivity index (χ4v) is 3.35. The zero-order valence-electron chi connectivity index (χ0n) is 12.9. The Balaban J connectivity index is 1.66. The molecule has 4 aromatic rings. The van der Waals surface area contributed by atoms with E-state index in [2.05, 4.69) is 68.1 Å². The summed E-state index contributed by atoms with van der Waals surface area (Å²) >= 11 is 0. The van der Waals surface area contributed by atoms with Crippen LogP contribution in [0.5, 0.6) is 0 Å². The van der Waals surface area contributed by atoms with Crippen molar-refractivity contribution in [2.75, 3.05) is 0 Å². The van der Waals surface area contributed by atoms with Crippen molar-refractivity contribution in [1.82, 2.24) is 19.5 Å². The average molecular weight is 310 g/mol. The van der Waals surface area contributed by atoms with Gasteiger partial charge < -0.3 is 0 Å². The van der Waals surface area contributed by atoms with Gasteiger partial charge in [-0.3, -0.25) is 4.57 Å². The summed E-state index contributed by atoms with van der Waals surface area (Å²) in [4.78, 5) is 12.8. The second kappa shape index (κ2) is 5.13. The molecular formula is C20H14N4. The summed E-state index contributed by atoms with van der Waals surface area (Å²) in [5.41, 5.74) is 7.99. The Labute approximate surface area is 139 Å². The third kappa shape index (κ3) is 1.97. The molecular weight excluding hydrogens is 296 g/mol. The Bertz CT molecular complexity index is 1080. The van der Waals surface area contributed by atoms with E-state index in [0.717, 1.165) is 17.6 Å². The van der Waals surface area contributed by atoms with Crippen LogP contribution in [-0.4, -0.2) is 19.5 Å². The van der Waals surface area contributed by atoms with Crippen molar-refractivity contribution in [1.29, 1.82) is 0 Å². The van der Waals surface area contributed by atoms with Gasteiger partial charge in [-0.15, -0.1) is 0 Å². The molecule has 1 aliphatic rings. The highest BCUT2D eigenvalue weighted by molar-refractivity contribution is 5.90. The van der Waals surface area contributed by atoms with Gasteiger partial charge in [-0.2, -0.15) is 0 Å². The van der Waals surface area contributed by atoms with Crippen molar-refractivity contribution in [2.24, 2.45) is 0 Å². The van der Waals surface area contributed by atoms with Crippen LogP contribution in [-0.2, 0) is 6.42 Å². The quantitative estimate of drug-likeness (QED) is 0.561. The smallest absolute Gasteiger partial charge is 0.167 e. The monoisotopic (exact) mass is 310 g/mol. The lowest BCUT2D eigenvalue weighted by Gasteiger charge is -2.07. The fraction of sp³-hybridized carbons (Fsp3) is 0.0500. The van der Waals surface area contributed by atoms with Gasteiger partial charge in [-0.1, -0.05) is 48.5 Å². The molecule has 0 N–H and O–H groups in total. The number of imidazole rings is 1. The van der Waals surface area contributed by atoms with Crippen LogP contribution in [0.25, 0.3) is 34.1 Å². The molecule has 0 atom stereocenters. The molecule has 0 saturated heterocycles. The lowest BCUT2D eigenvalue weighted by molar-refractivity contribution is 1.05. The van der Waals surface area contributed by atoms with E-state index in [-0.39, 0.29) is 0 Å². The number of fused-ring (bicyclic) bond motifs is 2. The van der Waals surface area contributed by atoms with Gasteiger partial charge in [0.25, 0.3) is 0 Å². The van der Waals surface area contributed by atoms with Crippen LogP contribution in [0.1, 0.15) is 11.1 Å². The van der Waals surface area contributed by atoms with E-state index in [1.807, 2.05) is 12.4 Å². The van der Waals surface area contributed by atoms with Gasteiger partial charge in [-0.05, 0) is 28.3 Å². The van der Waals surface area contributed by atoms with Crippen LogP contribution in [0.2, 0.25) is 0 Å². The minimum absolute atomic E-state index is 0.817. The molecule has 0 radical (unpaired) electrons. The first-order valence-electron chi connectivity index (χ1n) is 7.91. The second-order valence-electron chi connectivity index (χ2n) is 5.90. The molecule has 0 unspecified atom stereocenters. The number of hydrogen-bond acceptors (Lipinski definition) is 3. The molecule has 0 bridgehead atoms. The van der Waals surface area contributed by atoms with Crippen LogP contribution in [0.15, 0.2) is 67.4 Å². The number of benzene rings is 2. The van der Waals surface area contributed by atoms with E-state index in [9.17, 15) is 0 Å². The molecule has 1 aliphatic carbocycles. The van der Waals surface area contributed by atoms with Crippen molar-refractivity contribution < 1.29 is 0 Å². The molecule has 114 valence electrons. The maximum atomic E-state index is 4.40. The number of nitrogens with zero attached hydrogens (tertiary/aromatic N) is 4. The first-order chi connectivity index (χ1) is 11.9. The topological polar surface area (TPSA) is 43.6 Å². The van der Waals surface area contributed by atoms with Crippen LogP contribution in [0.3, 0.4) is 0 Å². The molecule has 2 aromatic carbocycles. The normalized spacial score (nSPS) is 13.1. The van der Waals surface area contributed by atoms with Gasteiger partial charge in [-0.25, -0.2) is 15.0 Å². The Hall–Kier alpha value is -3.27. The molecule has 0 amide bonds. The highest BCUT2D eigenvalue weighted by atomic mass is 15.1. The molecule has 24 heavy (non-hydrogen) atoms. The summed E-state index contributed by atoms with van der Waals surface area (Å²) in [5.74, 6) is 0. The fourth-order valence-electron chi connectivity index (χ4n) is 3.35. The molecule has 0 spiro atoms. The predicted octanol–water partition coefficient (Wildman–Crippen LogP) is 4.05. The number of hydrogen-bond donors (Lipinski definition) is 0. The summed E-state index contributed by atoms with van der Waals surface area (Å²) in [5, 5.41) is 0. The zero-order valence-corrected chi connectivity index (χ0v) is 12.9. The Morgan fingerprint density at radius 2 is 1.83 bits per heavy atom. The SMILES string of the molecule is C1=C(n2cnc3cncnc32)Cc2cccc(-c3ccccc3)c21. The minimum atomic E-state index is 0.817. The van der Waals surface area contributed by atoms with Gasteiger partial charge in [0, 0.05) is 12.1 Å². The largest absolute Gasteiger partial charge is 0.287 e. The number of rotatable bonds is 2. The van der Waals surface area contributed by atoms with Crippen LogP contribution in [0, 0.1) is 0 Å². The van der Waals surface area contributed by atoms with Gasteiger partial charge in [0.1, 0.15) is 18.2 Å². The van der Waals surface area contributed by atoms with E-state index in [0.29, 0.717) is 0 Å². The standard InChI is InChI=1S/C20H14N4/c1-2-5-14(6-3-1)17-8-4-7-15-9-16(10-18(15)17)24-13-23-19-11-21-12-22-20(19)24/h1-8,10-13H,9H2. The van der Waals surface area contributed by atoms with Gasteiger partial charge in [0.05, 0.1) is 6.20 Å². The van der Waals surface area contributed by atoms with Gasteiger partial charge in [0.2, 0.25) is 0 Å². The molecule has 0 fully saturated rings. The van der Waals surface area contributed by atoms with E-state index in [1.54, 1.807) is 12.5 Å². The maximum absolute atomic E-state index is 4.40. The van der Waals surface area contributed by atoms with Crippen LogP contribution >= 0.6 is 0 Å². The maximum Gasteiger partial charge on any atom is 0.167 e. The predicted molar refractivity (Wildman–Crippen MR) is 95.1 cm³/mol. The summed E-state index contributed by atoms with van der Waals surface area (Å²) in [6, 6.07) is 17.0. The molecule has 0 aliphatic heterocycles. The summed E-state index contributed by atoms with van der Waals surface area (Å²) in [6.07, 6.45) is 8.28. The first-order valence-corrected chi connectivity index (χ1v) is 7.91. The Morgan fingerprint density at radius 3 is 2.75 bits per heavy atom. The summed E-state index contributed by atoms with van der Waals surface area (Å²) in [6.45, 7) is 0. The molecule has 0 saturated carbocycles. The van der Waals surface area contributed by atoms with Gasteiger partial charge >= 0.3 is 0 Å². The average Bonchev–Trinajstić information content (AvgIpc) is 3.25.